The molecule has 0 aliphatic heterocycles. The molecule has 1 aromatic heterocycles. The lowest BCUT2D eigenvalue weighted by atomic mass is 10.3. The Morgan fingerprint density at radius 3 is 2.75 bits per heavy atom. The number of rotatable bonds is 2. The van der Waals surface area contributed by atoms with Gasteiger partial charge in [-0.1, -0.05) is 0 Å². The average Bonchev–Trinajstić information content (AvgIpc) is 2.52. The fraction of sp³-hybridized carbons (Fsp3) is 0.364. The van der Waals surface area contributed by atoms with Crippen molar-refractivity contribution in [3.05, 3.63) is 34.5 Å². The second-order valence-electron chi connectivity index (χ2n) is 3.88. The summed E-state index contributed by atoms with van der Waals surface area (Å²) >= 11 is 0. The monoisotopic (exact) mass is 224 g/mol. The number of benzene rings is 1. The lowest BCUT2D eigenvalue weighted by Crippen LogP contribution is -2.26. The Bertz CT molecular complexity index is 585. The number of fused-ring (bicyclic) bond motifs is 1. The molecule has 0 aliphatic carbocycles. The van der Waals surface area contributed by atoms with Crippen molar-refractivity contribution in [3.63, 3.8) is 0 Å². The zero-order valence-electron chi connectivity index (χ0n) is 9.14. The van der Waals surface area contributed by atoms with Gasteiger partial charge in [-0.25, -0.2) is 9.18 Å². The lowest BCUT2D eigenvalue weighted by Gasteiger charge is -2.09. The maximum absolute atomic E-state index is 13.1. The number of halogens is 1. The highest BCUT2D eigenvalue weighted by Gasteiger charge is 2.15. The molecule has 1 aromatic carbocycles. The summed E-state index contributed by atoms with van der Waals surface area (Å²) in [6.07, 6.45) is 0. The summed E-state index contributed by atoms with van der Waals surface area (Å²) in [5.74, 6) is -0.378. The number of nitrogens with zero attached hydrogens (tertiary/aromatic N) is 2. The van der Waals surface area contributed by atoms with E-state index in [2.05, 4.69) is 0 Å². The summed E-state index contributed by atoms with van der Waals surface area (Å²) in [6.45, 7) is 1.61. The SMILES string of the molecule is CC(CO)n1c(=O)n(C)c2cc(F)ccc21. The van der Waals surface area contributed by atoms with Crippen LogP contribution in [0.25, 0.3) is 11.0 Å². The third-order valence-corrected chi connectivity index (χ3v) is 2.76. The molecule has 0 radical (unpaired) electrons. The maximum Gasteiger partial charge on any atom is 0.329 e. The summed E-state index contributed by atoms with van der Waals surface area (Å²) in [4.78, 5) is 11.9. The molecule has 0 saturated heterocycles. The van der Waals surface area contributed by atoms with Crippen molar-refractivity contribution in [1.82, 2.24) is 9.13 Å². The highest BCUT2D eigenvalue weighted by Crippen LogP contribution is 2.17. The molecule has 0 aliphatic rings. The zero-order chi connectivity index (χ0) is 11.9. The summed E-state index contributed by atoms with van der Waals surface area (Å²) in [7, 11) is 1.59. The summed E-state index contributed by atoms with van der Waals surface area (Å²) in [5.41, 5.74) is 0.919. The summed E-state index contributed by atoms with van der Waals surface area (Å²) in [6, 6.07) is 3.86. The van der Waals surface area contributed by atoms with Crippen LogP contribution in [0.3, 0.4) is 0 Å². The van der Waals surface area contributed by atoms with Gasteiger partial charge in [-0.15, -0.1) is 0 Å². The van der Waals surface area contributed by atoms with Crippen LogP contribution in [0.1, 0.15) is 13.0 Å². The molecule has 2 rings (SSSR count). The van der Waals surface area contributed by atoms with Gasteiger partial charge in [-0.05, 0) is 25.1 Å². The van der Waals surface area contributed by atoms with Crippen LogP contribution in [0.4, 0.5) is 4.39 Å². The predicted octanol–water partition coefficient (Wildman–Crippen LogP) is 1.03. The van der Waals surface area contributed by atoms with Crippen LogP contribution in [0.15, 0.2) is 23.0 Å². The smallest absolute Gasteiger partial charge is 0.329 e. The molecule has 1 heterocycles. The first-order valence-corrected chi connectivity index (χ1v) is 5.03. The normalized spacial score (nSPS) is 13.2. The van der Waals surface area contributed by atoms with Gasteiger partial charge in [0, 0.05) is 7.05 Å². The third-order valence-electron chi connectivity index (χ3n) is 2.76. The minimum atomic E-state index is -0.378. The van der Waals surface area contributed by atoms with E-state index < -0.39 is 0 Å². The number of aliphatic hydroxyl groups excluding tert-OH is 1. The fourth-order valence-corrected chi connectivity index (χ4v) is 1.84. The molecule has 2 aromatic rings. The molecule has 0 fully saturated rings. The minimum Gasteiger partial charge on any atom is -0.394 e. The standard InChI is InChI=1S/C11H13FN2O2/c1-7(6-15)14-9-4-3-8(12)5-10(9)13(2)11(14)16/h3-5,7,15H,6H2,1-2H3. The quantitative estimate of drug-likeness (QED) is 0.828. The molecular weight excluding hydrogens is 211 g/mol. The first-order valence-electron chi connectivity index (χ1n) is 5.03. The number of imidazole rings is 1. The van der Waals surface area contributed by atoms with Gasteiger partial charge in [0.05, 0.1) is 23.7 Å². The first-order chi connectivity index (χ1) is 7.56. The van der Waals surface area contributed by atoms with Crippen LogP contribution in [-0.2, 0) is 7.05 Å². The van der Waals surface area contributed by atoms with Crippen LogP contribution in [0.2, 0.25) is 0 Å². The van der Waals surface area contributed by atoms with Gasteiger partial charge in [-0.3, -0.25) is 9.13 Å². The van der Waals surface area contributed by atoms with Crippen LogP contribution in [-0.4, -0.2) is 20.8 Å². The van der Waals surface area contributed by atoms with Crippen LogP contribution < -0.4 is 5.69 Å². The van der Waals surface area contributed by atoms with Crippen LogP contribution >= 0.6 is 0 Å². The van der Waals surface area contributed by atoms with Crippen molar-refractivity contribution in [1.29, 1.82) is 0 Å². The van der Waals surface area contributed by atoms with Gasteiger partial charge < -0.3 is 5.11 Å². The van der Waals surface area contributed by atoms with E-state index in [1.807, 2.05) is 0 Å². The second-order valence-corrected chi connectivity index (χ2v) is 3.88. The maximum atomic E-state index is 13.1. The highest BCUT2D eigenvalue weighted by molar-refractivity contribution is 5.76. The number of aryl methyl sites for hydroxylation is 1. The van der Waals surface area contributed by atoms with Gasteiger partial charge in [0.2, 0.25) is 0 Å². The largest absolute Gasteiger partial charge is 0.394 e. The Kier molecular flexibility index (Phi) is 2.55. The topological polar surface area (TPSA) is 47.2 Å². The van der Waals surface area contributed by atoms with E-state index in [0.717, 1.165) is 0 Å². The van der Waals surface area contributed by atoms with E-state index in [-0.39, 0.29) is 24.2 Å². The molecular formula is C11H13FN2O2. The Morgan fingerprint density at radius 1 is 1.44 bits per heavy atom. The average molecular weight is 224 g/mol. The molecule has 5 heteroatoms. The van der Waals surface area contributed by atoms with Crippen molar-refractivity contribution < 1.29 is 9.50 Å². The summed E-state index contributed by atoms with van der Waals surface area (Å²) < 4.78 is 15.9. The lowest BCUT2D eigenvalue weighted by molar-refractivity contribution is 0.238. The van der Waals surface area contributed by atoms with Crippen LogP contribution in [0, 0.1) is 5.82 Å². The van der Waals surface area contributed by atoms with Crippen molar-refractivity contribution in [2.24, 2.45) is 7.05 Å². The minimum absolute atomic E-state index is 0.129. The number of aromatic nitrogens is 2. The molecule has 0 amide bonds. The Balaban J connectivity index is 2.84. The molecule has 1 atom stereocenters. The van der Waals surface area contributed by atoms with Crippen molar-refractivity contribution in [2.75, 3.05) is 6.61 Å². The molecule has 0 bridgehead atoms. The van der Waals surface area contributed by atoms with Gasteiger partial charge in [0.1, 0.15) is 5.82 Å². The molecule has 1 N–H and O–H groups in total. The van der Waals surface area contributed by atoms with Gasteiger partial charge >= 0.3 is 5.69 Å². The van der Waals surface area contributed by atoms with E-state index in [1.54, 1.807) is 20.0 Å². The van der Waals surface area contributed by atoms with E-state index >= 15 is 0 Å². The number of hydrogen-bond donors (Lipinski definition) is 1. The fourth-order valence-electron chi connectivity index (χ4n) is 1.84. The molecule has 0 spiro atoms. The van der Waals surface area contributed by atoms with Crippen LogP contribution in [0.5, 0.6) is 0 Å². The predicted molar refractivity (Wildman–Crippen MR) is 58.9 cm³/mol. The Labute approximate surface area is 91.5 Å². The van der Waals surface area contributed by atoms with Gasteiger partial charge in [-0.2, -0.15) is 0 Å². The molecule has 16 heavy (non-hydrogen) atoms. The summed E-state index contributed by atoms with van der Waals surface area (Å²) in [5, 5.41) is 9.09. The number of aliphatic hydroxyl groups is 1. The second kappa shape index (κ2) is 3.75. The molecule has 0 saturated carbocycles. The van der Waals surface area contributed by atoms with E-state index in [0.29, 0.717) is 11.0 Å². The molecule has 1 unspecified atom stereocenters. The van der Waals surface area contributed by atoms with Gasteiger partial charge in [0.15, 0.2) is 0 Å². The number of hydrogen-bond acceptors (Lipinski definition) is 2. The van der Waals surface area contributed by atoms with Crippen molar-refractivity contribution >= 4 is 11.0 Å². The Morgan fingerprint density at radius 2 is 2.12 bits per heavy atom. The van der Waals surface area contributed by atoms with E-state index in [4.69, 9.17) is 5.11 Å². The first kappa shape index (κ1) is 10.9. The Hall–Kier alpha value is -1.62. The highest BCUT2D eigenvalue weighted by atomic mass is 19.1. The third kappa shape index (κ3) is 1.44. The zero-order valence-corrected chi connectivity index (χ0v) is 9.14. The van der Waals surface area contributed by atoms with Crippen molar-refractivity contribution in [2.45, 2.75) is 13.0 Å². The van der Waals surface area contributed by atoms with Gasteiger partial charge in [0.25, 0.3) is 0 Å². The molecule has 4 nitrogen and oxygen atoms in total. The molecule has 86 valence electrons. The van der Waals surface area contributed by atoms with E-state index in [1.165, 1.54) is 21.3 Å². The van der Waals surface area contributed by atoms with E-state index in [9.17, 15) is 9.18 Å². The van der Waals surface area contributed by atoms with Crippen molar-refractivity contribution in [3.8, 4) is 0 Å².